The fourth-order valence-corrected chi connectivity index (χ4v) is 3.39. The Morgan fingerprint density at radius 3 is 2.65 bits per heavy atom. The van der Waals surface area contributed by atoms with E-state index in [1.54, 1.807) is 24.0 Å². The molecule has 0 bridgehead atoms. The summed E-state index contributed by atoms with van der Waals surface area (Å²) >= 11 is 0. The van der Waals surface area contributed by atoms with Gasteiger partial charge in [0, 0.05) is 37.5 Å². The van der Waals surface area contributed by atoms with Gasteiger partial charge in [0.25, 0.3) is 0 Å². The second kappa shape index (κ2) is 7.20. The zero-order valence-electron chi connectivity index (χ0n) is 15.7. The van der Waals surface area contributed by atoms with Crippen LogP contribution in [0.25, 0.3) is 0 Å². The van der Waals surface area contributed by atoms with Crippen molar-refractivity contribution in [1.82, 2.24) is 0 Å². The van der Waals surface area contributed by atoms with Gasteiger partial charge in [-0.3, -0.25) is 9.59 Å². The van der Waals surface area contributed by atoms with Gasteiger partial charge in [-0.05, 0) is 43.2 Å². The molecule has 1 aliphatic heterocycles. The summed E-state index contributed by atoms with van der Waals surface area (Å²) in [4.78, 5) is 28.8. The number of nitrogens with zero attached hydrogens (tertiary/aromatic N) is 2. The van der Waals surface area contributed by atoms with Gasteiger partial charge in [0.15, 0.2) is 0 Å². The molecule has 3 rings (SSSR count). The van der Waals surface area contributed by atoms with Crippen molar-refractivity contribution in [2.75, 3.05) is 30.5 Å². The smallest absolute Gasteiger partial charge is 0.232 e. The van der Waals surface area contributed by atoms with Crippen LogP contribution >= 0.6 is 0 Å². The second-order valence-electron chi connectivity index (χ2n) is 6.72. The Morgan fingerprint density at radius 2 is 1.92 bits per heavy atom. The molecule has 5 heteroatoms. The summed E-state index contributed by atoms with van der Waals surface area (Å²) in [6.45, 7) is 4.43. The molecule has 2 aromatic rings. The van der Waals surface area contributed by atoms with Crippen molar-refractivity contribution < 1.29 is 14.3 Å². The summed E-state index contributed by atoms with van der Waals surface area (Å²) in [7, 11) is 3.37. The highest BCUT2D eigenvalue weighted by Gasteiger charge is 2.37. The zero-order chi connectivity index (χ0) is 18.8. The molecule has 2 amide bonds. The molecule has 0 aromatic heterocycles. The van der Waals surface area contributed by atoms with Gasteiger partial charge in [-0.2, -0.15) is 0 Å². The molecule has 1 aliphatic rings. The van der Waals surface area contributed by atoms with E-state index in [-0.39, 0.29) is 24.2 Å². The molecule has 0 saturated carbocycles. The summed E-state index contributed by atoms with van der Waals surface area (Å²) in [6.07, 6.45) is 0.227. The van der Waals surface area contributed by atoms with Crippen LogP contribution in [0.15, 0.2) is 42.5 Å². The van der Waals surface area contributed by atoms with Gasteiger partial charge in [0.2, 0.25) is 11.8 Å². The van der Waals surface area contributed by atoms with Crippen molar-refractivity contribution in [2.45, 2.75) is 20.3 Å². The molecule has 1 saturated heterocycles. The molecule has 0 N–H and O–H groups in total. The predicted molar refractivity (Wildman–Crippen MR) is 103 cm³/mol. The molecule has 1 unspecified atom stereocenters. The van der Waals surface area contributed by atoms with Crippen LogP contribution in [0.1, 0.15) is 17.5 Å². The van der Waals surface area contributed by atoms with Crippen molar-refractivity contribution in [3.63, 3.8) is 0 Å². The molecular weight excluding hydrogens is 328 g/mol. The van der Waals surface area contributed by atoms with E-state index in [4.69, 9.17) is 4.74 Å². The fourth-order valence-electron chi connectivity index (χ4n) is 3.39. The summed E-state index contributed by atoms with van der Waals surface area (Å²) in [5, 5.41) is 0. The summed E-state index contributed by atoms with van der Waals surface area (Å²) in [5.74, 6) is 0.277. The Kier molecular flexibility index (Phi) is 4.98. The first-order valence-electron chi connectivity index (χ1n) is 8.70. The number of carbonyl (C=O) groups excluding carboxylic acids is 2. The minimum Gasteiger partial charge on any atom is -0.497 e. The average Bonchev–Trinajstić information content (AvgIpc) is 3.04. The van der Waals surface area contributed by atoms with Crippen LogP contribution < -0.4 is 14.5 Å². The third-order valence-electron chi connectivity index (χ3n) is 5.11. The molecule has 26 heavy (non-hydrogen) atoms. The van der Waals surface area contributed by atoms with E-state index in [0.29, 0.717) is 12.3 Å². The summed E-state index contributed by atoms with van der Waals surface area (Å²) < 4.78 is 5.23. The number of ether oxygens (including phenoxy) is 1. The van der Waals surface area contributed by atoms with E-state index < -0.39 is 0 Å². The molecule has 1 atom stereocenters. The van der Waals surface area contributed by atoms with E-state index in [1.807, 2.05) is 56.3 Å². The van der Waals surface area contributed by atoms with Gasteiger partial charge in [-0.15, -0.1) is 0 Å². The Labute approximate surface area is 154 Å². The highest BCUT2D eigenvalue weighted by molar-refractivity contribution is 6.04. The van der Waals surface area contributed by atoms with Crippen LogP contribution in [0, 0.1) is 19.8 Å². The minimum absolute atomic E-state index is 0.0301. The first kappa shape index (κ1) is 18.0. The maximum atomic E-state index is 13.0. The molecule has 0 spiro atoms. The van der Waals surface area contributed by atoms with E-state index in [9.17, 15) is 9.59 Å². The van der Waals surface area contributed by atoms with Crippen molar-refractivity contribution in [3.05, 3.63) is 53.6 Å². The van der Waals surface area contributed by atoms with Crippen molar-refractivity contribution in [2.24, 2.45) is 5.92 Å². The molecule has 136 valence electrons. The third-order valence-corrected chi connectivity index (χ3v) is 5.11. The first-order chi connectivity index (χ1) is 12.4. The van der Waals surface area contributed by atoms with Gasteiger partial charge < -0.3 is 14.5 Å². The minimum atomic E-state index is -0.349. The maximum Gasteiger partial charge on any atom is 0.232 e. The average molecular weight is 352 g/mol. The lowest BCUT2D eigenvalue weighted by molar-refractivity contribution is -0.124. The third kappa shape index (κ3) is 3.29. The van der Waals surface area contributed by atoms with E-state index in [2.05, 4.69) is 0 Å². The van der Waals surface area contributed by atoms with Crippen LogP contribution in [0.2, 0.25) is 0 Å². The lowest BCUT2D eigenvalue weighted by Gasteiger charge is -2.24. The Hall–Kier alpha value is -2.82. The van der Waals surface area contributed by atoms with Crippen molar-refractivity contribution in [1.29, 1.82) is 0 Å². The van der Waals surface area contributed by atoms with Gasteiger partial charge >= 0.3 is 0 Å². The summed E-state index contributed by atoms with van der Waals surface area (Å²) in [6, 6.07) is 13.3. The molecule has 0 aliphatic carbocycles. The number of benzene rings is 2. The van der Waals surface area contributed by atoms with Crippen LogP contribution in [-0.2, 0) is 9.59 Å². The van der Waals surface area contributed by atoms with Gasteiger partial charge in [-0.25, -0.2) is 0 Å². The van der Waals surface area contributed by atoms with E-state index in [1.165, 1.54) is 0 Å². The van der Waals surface area contributed by atoms with E-state index >= 15 is 0 Å². The lowest BCUT2D eigenvalue weighted by atomic mass is 10.0. The number of amides is 2. The van der Waals surface area contributed by atoms with Crippen LogP contribution in [-0.4, -0.2) is 32.5 Å². The number of hydrogen-bond acceptors (Lipinski definition) is 3. The van der Waals surface area contributed by atoms with Crippen LogP contribution in [0.3, 0.4) is 0 Å². The number of aryl methyl sites for hydroxylation is 1. The predicted octanol–water partition coefficient (Wildman–Crippen LogP) is 3.33. The second-order valence-corrected chi connectivity index (χ2v) is 6.72. The van der Waals surface area contributed by atoms with Crippen LogP contribution in [0.4, 0.5) is 11.4 Å². The number of hydrogen-bond donors (Lipinski definition) is 0. The molecule has 5 nitrogen and oxygen atoms in total. The van der Waals surface area contributed by atoms with Crippen LogP contribution in [0.5, 0.6) is 5.75 Å². The number of methoxy groups -OCH3 is 1. The fraction of sp³-hybridized carbons (Fsp3) is 0.333. The first-order valence-corrected chi connectivity index (χ1v) is 8.70. The van der Waals surface area contributed by atoms with Crippen molar-refractivity contribution in [3.8, 4) is 5.75 Å². The Bertz CT molecular complexity index is 847. The number of carbonyl (C=O) groups is 2. The SMILES string of the molecule is COc1cccc(N2CC(C(=O)N(C)c3cccc(C)c3C)CC2=O)c1. The normalized spacial score (nSPS) is 16.7. The van der Waals surface area contributed by atoms with Gasteiger partial charge in [0.05, 0.1) is 13.0 Å². The topological polar surface area (TPSA) is 49.9 Å². The van der Waals surface area contributed by atoms with Crippen molar-refractivity contribution >= 4 is 23.2 Å². The summed E-state index contributed by atoms with van der Waals surface area (Å²) in [5.41, 5.74) is 3.88. The maximum absolute atomic E-state index is 13.0. The highest BCUT2D eigenvalue weighted by atomic mass is 16.5. The quantitative estimate of drug-likeness (QED) is 0.848. The monoisotopic (exact) mass is 352 g/mol. The number of anilines is 2. The standard InChI is InChI=1S/C21H24N2O3/c1-14-7-5-10-19(15(14)2)22(3)21(25)16-11-20(24)23(13-16)17-8-6-9-18(12-17)26-4/h5-10,12,16H,11,13H2,1-4H3. The molecular formula is C21H24N2O3. The number of rotatable bonds is 4. The van der Waals surface area contributed by atoms with E-state index in [0.717, 1.165) is 22.5 Å². The molecule has 0 radical (unpaired) electrons. The zero-order valence-corrected chi connectivity index (χ0v) is 15.7. The lowest BCUT2D eigenvalue weighted by Crippen LogP contribution is -2.35. The largest absolute Gasteiger partial charge is 0.497 e. The Balaban J connectivity index is 1.79. The molecule has 2 aromatic carbocycles. The molecule has 1 fully saturated rings. The Morgan fingerprint density at radius 1 is 1.19 bits per heavy atom. The molecule has 1 heterocycles. The van der Waals surface area contributed by atoms with Gasteiger partial charge in [-0.1, -0.05) is 18.2 Å². The highest BCUT2D eigenvalue weighted by Crippen LogP contribution is 2.30. The van der Waals surface area contributed by atoms with Gasteiger partial charge in [0.1, 0.15) is 5.75 Å².